The van der Waals surface area contributed by atoms with Gasteiger partial charge in [-0.3, -0.25) is 0 Å². The van der Waals surface area contributed by atoms with Crippen LogP contribution in [-0.4, -0.2) is 4.57 Å². The quantitative estimate of drug-likeness (QED) is 0.777. The summed E-state index contributed by atoms with van der Waals surface area (Å²) in [7, 11) is 1.86. The van der Waals surface area contributed by atoms with Crippen molar-refractivity contribution in [3.8, 4) is 29.5 Å². The molecule has 0 aliphatic rings. The molecule has 0 aliphatic carbocycles. The number of rotatable bonds is 2. The van der Waals surface area contributed by atoms with Crippen molar-refractivity contribution >= 4 is 5.57 Å². The summed E-state index contributed by atoms with van der Waals surface area (Å²) >= 11 is 0. The van der Waals surface area contributed by atoms with E-state index in [0.717, 1.165) is 11.3 Å². The Labute approximate surface area is 117 Å². The van der Waals surface area contributed by atoms with E-state index < -0.39 is 0 Å². The predicted octanol–water partition coefficient (Wildman–Crippen LogP) is 3.02. The molecule has 1 aromatic heterocycles. The van der Waals surface area contributed by atoms with Gasteiger partial charge in [0.15, 0.2) is 0 Å². The van der Waals surface area contributed by atoms with Crippen molar-refractivity contribution in [2.45, 2.75) is 0 Å². The van der Waals surface area contributed by atoms with E-state index in [4.69, 9.17) is 15.8 Å². The van der Waals surface area contributed by atoms with Gasteiger partial charge in [0, 0.05) is 24.5 Å². The Balaban J connectivity index is 2.60. The van der Waals surface area contributed by atoms with Gasteiger partial charge in [-0.1, -0.05) is 30.3 Å². The topological polar surface area (TPSA) is 76.3 Å². The maximum atomic E-state index is 9.16. The second-order valence-corrected chi connectivity index (χ2v) is 4.18. The molecule has 94 valence electrons. The molecule has 4 nitrogen and oxygen atoms in total. The Morgan fingerprint density at radius 3 is 2.20 bits per heavy atom. The Kier molecular flexibility index (Phi) is 3.66. The predicted molar refractivity (Wildman–Crippen MR) is 74.6 cm³/mol. The van der Waals surface area contributed by atoms with Gasteiger partial charge < -0.3 is 4.57 Å². The van der Waals surface area contributed by atoms with Gasteiger partial charge in [0.1, 0.15) is 23.8 Å². The zero-order valence-corrected chi connectivity index (χ0v) is 10.8. The SMILES string of the molecule is Cn1cc(C(C#N)=C(C#N)C#N)cc1-c1ccccc1. The molecule has 0 spiro atoms. The molecule has 2 rings (SSSR count). The van der Waals surface area contributed by atoms with E-state index in [1.807, 2.05) is 54.1 Å². The van der Waals surface area contributed by atoms with Crippen molar-refractivity contribution in [1.82, 2.24) is 4.57 Å². The molecule has 0 fully saturated rings. The minimum atomic E-state index is -0.169. The van der Waals surface area contributed by atoms with E-state index in [-0.39, 0.29) is 11.1 Å². The number of aromatic nitrogens is 1. The summed E-state index contributed by atoms with van der Waals surface area (Å²) in [6, 6.07) is 17.0. The normalized spacial score (nSPS) is 9.10. The molecule has 0 unspecified atom stereocenters. The van der Waals surface area contributed by atoms with Crippen LogP contribution in [0.2, 0.25) is 0 Å². The summed E-state index contributed by atoms with van der Waals surface area (Å²) in [6.07, 6.45) is 1.75. The first-order valence-electron chi connectivity index (χ1n) is 5.88. The summed E-state index contributed by atoms with van der Waals surface area (Å²) in [5.41, 5.74) is 2.44. The highest BCUT2D eigenvalue weighted by molar-refractivity contribution is 5.85. The number of nitriles is 3. The summed E-state index contributed by atoms with van der Waals surface area (Å²) in [4.78, 5) is 0. The van der Waals surface area contributed by atoms with Crippen molar-refractivity contribution in [1.29, 1.82) is 15.8 Å². The summed E-state index contributed by atoms with van der Waals surface area (Å²) in [6.45, 7) is 0. The maximum absolute atomic E-state index is 9.16. The fourth-order valence-electron chi connectivity index (χ4n) is 2.00. The molecular formula is C16H10N4. The third kappa shape index (κ3) is 2.29. The first kappa shape index (κ1) is 13.1. The van der Waals surface area contributed by atoms with Crippen LogP contribution in [-0.2, 0) is 7.05 Å². The van der Waals surface area contributed by atoms with Crippen LogP contribution in [0.3, 0.4) is 0 Å². The van der Waals surface area contributed by atoms with Gasteiger partial charge in [0.2, 0.25) is 0 Å². The van der Waals surface area contributed by atoms with Crippen molar-refractivity contribution in [2.24, 2.45) is 7.05 Å². The molecule has 1 aromatic carbocycles. The number of nitrogens with zero attached hydrogens (tertiary/aromatic N) is 4. The van der Waals surface area contributed by atoms with Gasteiger partial charge in [0.25, 0.3) is 0 Å². The molecule has 0 saturated carbocycles. The molecule has 0 N–H and O–H groups in total. The van der Waals surface area contributed by atoms with Gasteiger partial charge in [0.05, 0.1) is 5.57 Å². The van der Waals surface area contributed by atoms with Crippen molar-refractivity contribution < 1.29 is 0 Å². The fourth-order valence-corrected chi connectivity index (χ4v) is 2.00. The van der Waals surface area contributed by atoms with Gasteiger partial charge >= 0.3 is 0 Å². The van der Waals surface area contributed by atoms with Crippen LogP contribution in [0.15, 0.2) is 48.2 Å². The lowest BCUT2D eigenvalue weighted by Gasteiger charge is -2.01. The third-order valence-electron chi connectivity index (χ3n) is 2.95. The first-order chi connectivity index (χ1) is 9.71. The van der Waals surface area contributed by atoms with Crippen LogP contribution in [0.1, 0.15) is 5.56 Å². The highest BCUT2D eigenvalue weighted by Gasteiger charge is 2.13. The molecular weight excluding hydrogens is 248 g/mol. The van der Waals surface area contributed by atoms with E-state index in [9.17, 15) is 0 Å². The molecule has 0 saturated heterocycles. The number of hydrogen-bond acceptors (Lipinski definition) is 3. The standard InChI is InChI=1S/C16H10N4/c1-20-11-13(15(10-19)14(8-17)9-18)7-16(20)12-5-3-2-4-6-12/h2-7,11H,1H3. The lowest BCUT2D eigenvalue weighted by molar-refractivity contribution is 0.936. The summed E-state index contributed by atoms with van der Waals surface area (Å²) < 4.78 is 1.87. The zero-order chi connectivity index (χ0) is 14.5. The highest BCUT2D eigenvalue weighted by Crippen LogP contribution is 2.26. The minimum absolute atomic E-state index is 0.104. The van der Waals surface area contributed by atoms with E-state index in [2.05, 4.69) is 0 Å². The lowest BCUT2D eigenvalue weighted by atomic mass is 10.0. The Hall–Kier alpha value is -3.29. The molecule has 0 amide bonds. The van der Waals surface area contributed by atoms with E-state index in [1.165, 1.54) is 0 Å². The van der Waals surface area contributed by atoms with Crippen molar-refractivity contribution in [3.05, 3.63) is 53.7 Å². The van der Waals surface area contributed by atoms with E-state index in [0.29, 0.717) is 5.56 Å². The smallest absolute Gasteiger partial charge is 0.148 e. The van der Waals surface area contributed by atoms with Crippen LogP contribution >= 0.6 is 0 Å². The largest absolute Gasteiger partial charge is 0.350 e. The Morgan fingerprint density at radius 1 is 1.00 bits per heavy atom. The first-order valence-corrected chi connectivity index (χ1v) is 5.88. The van der Waals surface area contributed by atoms with Crippen LogP contribution in [0.5, 0.6) is 0 Å². The van der Waals surface area contributed by atoms with Crippen LogP contribution in [0.25, 0.3) is 16.8 Å². The monoisotopic (exact) mass is 258 g/mol. The lowest BCUT2D eigenvalue weighted by Crippen LogP contribution is -1.88. The van der Waals surface area contributed by atoms with Crippen molar-refractivity contribution in [2.75, 3.05) is 0 Å². The zero-order valence-electron chi connectivity index (χ0n) is 10.8. The van der Waals surface area contributed by atoms with E-state index >= 15 is 0 Å². The van der Waals surface area contributed by atoms with E-state index in [1.54, 1.807) is 18.3 Å². The summed E-state index contributed by atoms with van der Waals surface area (Å²) in [5.74, 6) is 0. The third-order valence-corrected chi connectivity index (χ3v) is 2.95. The molecule has 2 aromatic rings. The fraction of sp³-hybridized carbons (Fsp3) is 0.0625. The molecule has 0 bridgehead atoms. The molecule has 0 aliphatic heterocycles. The van der Waals surface area contributed by atoms with Crippen molar-refractivity contribution in [3.63, 3.8) is 0 Å². The molecule has 0 radical (unpaired) electrons. The number of aryl methyl sites for hydroxylation is 1. The average Bonchev–Trinajstić information content (AvgIpc) is 2.87. The Morgan fingerprint density at radius 2 is 1.65 bits per heavy atom. The van der Waals surface area contributed by atoms with Gasteiger partial charge in [-0.05, 0) is 11.6 Å². The molecule has 20 heavy (non-hydrogen) atoms. The number of allylic oxidation sites excluding steroid dienone is 2. The van der Waals surface area contributed by atoms with Gasteiger partial charge in [-0.25, -0.2) is 0 Å². The average molecular weight is 258 g/mol. The van der Waals surface area contributed by atoms with Gasteiger partial charge in [-0.2, -0.15) is 15.8 Å². The highest BCUT2D eigenvalue weighted by atomic mass is 14.9. The molecule has 0 atom stereocenters. The van der Waals surface area contributed by atoms with Crippen LogP contribution in [0, 0.1) is 34.0 Å². The molecule has 4 heteroatoms. The second-order valence-electron chi connectivity index (χ2n) is 4.18. The van der Waals surface area contributed by atoms with Crippen LogP contribution < -0.4 is 0 Å². The second kappa shape index (κ2) is 5.57. The number of hydrogen-bond donors (Lipinski definition) is 0. The van der Waals surface area contributed by atoms with Gasteiger partial charge in [-0.15, -0.1) is 0 Å². The van der Waals surface area contributed by atoms with Crippen LogP contribution in [0.4, 0.5) is 0 Å². The maximum Gasteiger partial charge on any atom is 0.148 e. The summed E-state index contributed by atoms with van der Waals surface area (Å²) in [5, 5.41) is 27.0. The minimum Gasteiger partial charge on any atom is -0.350 e. The number of benzene rings is 1. The Bertz CT molecular complexity index is 774. The molecule has 1 heterocycles.